The topological polar surface area (TPSA) is 37.3 Å². The van der Waals surface area contributed by atoms with Crippen LogP contribution >= 0.6 is 0 Å². The molecule has 0 aliphatic heterocycles. The van der Waals surface area contributed by atoms with Gasteiger partial charge in [-0.05, 0) is 66.0 Å². The van der Waals surface area contributed by atoms with Crippen LogP contribution in [0.1, 0.15) is 102 Å². The summed E-state index contributed by atoms with van der Waals surface area (Å²) in [5.74, 6) is -0.867. The van der Waals surface area contributed by atoms with Crippen molar-refractivity contribution in [2.24, 2.45) is 16.2 Å². The number of carboxylic acids is 1. The van der Waals surface area contributed by atoms with Gasteiger partial charge in [0.1, 0.15) is 0 Å². The molecule has 0 radical (unpaired) electrons. The molecule has 0 unspecified atom stereocenters. The fraction of sp³-hybridized carbons (Fsp3) is 0.593. The first kappa shape index (κ1) is 21.9. The van der Waals surface area contributed by atoms with Gasteiger partial charge in [0.25, 0.3) is 0 Å². The Morgan fingerprint density at radius 2 is 1.52 bits per heavy atom. The van der Waals surface area contributed by atoms with E-state index in [0.29, 0.717) is 16.4 Å². The zero-order valence-electron chi connectivity index (χ0n) is 19.0. The minimum atomic E-state index is -0.867. The zero-order valence-corrected chi connectivity index (χ0v) is 19.0. The lowest BCUT2D eigenvalue weighted by molar-refractivity contribution is 0.0697. The molecule has 0 saturated heterocycles. The highest BCUT2D eigenvalue weighted by atomic mass is 16.4. The summed E-state index contributed by atoms with van der Waals surface area (Å²) in [6.45, 7) is 12.0. The normalized spacial score (nSPS) is 22.1. The number of benzene rings is 1. The van der Waals surface area contributed by atoms with Gasteiger partial charge in [-0.15, -0.1) is 0 Å². The predicted octanol–water partition coefficient (Wildman–Crippen LogP) is 7.90. The van der Waals surface area contributed by atoms with Crippen molar-refractivity contribution in [1.29, 1.82) is 0 Å². The third-order valence-electron chi connectivity index (χ3n) is 7.50. The second-order valence-corrected chi connectivity index (χ2v) is 10.7. The third-order valence-corrected chi connectivity index (χ3v) is 7.50. The van der Waals surface area contributed by atoms with Gasteiger partial charge in [0.2, 0.25) is 0 Å². The monoisotopic (exact) mass is 394 g/mol. The van der Waals surface area contributed by atoms with Crippen molar-refractivity contribution in [2.75, 3.05) is 0 Å². The molecule has 2 aliphatic rings. The molecule has 0 heterocycles. The van der Waals surface area contributed by atoms with Gasteiger partial charge >= 0.3 is 5.97 Å². The number of hydrogen-bond acceptors (Lipinski definition) is 1. The van der Waals surface area contributed by atoms with Crippen LogP contribution in [-0.2, 0) is 0 Å². The quantitative estimate of drug-likeness (QED) is 0.377. The number of carbonyl (C=O) groups is 1. The van der Waals surface area contributed by atoms with Crippen LogP contribution in [0.25, 0.3) is 6.08 Å². The lowest BCUT2D eigenvalue weighted by Crippen LogP contribution is -2.28. The maximum atomic E-state index is 11.1. The SMILES string of the molecule is CCCCCC1(C=Cc2ccc(C(=O)O)cc2)CC2=C(C1)C(C)(C)CCC2(C)C. The standard InChI is InChI=1S/C27H38O2/c1-6-7-8-14-27(15-13-20-9-11-21(12-10-20)24(28)29)18-22-23(19-27)26(4,5)17-16-25(22,2)3/h9-13,15H,6-8,14,16-19H2,1-5H3,(H,28,29). The minimum absolute atomic E-state index is 0.212. The van der Waals surface area contributed by atoms with Crippen molar-refractivity contribution in [1.82, 2.24) is 0 Å². The number of unbranched alkanes of at least 4 members (excludes halogenated alkanes) is 2. The van der Waals surface area contributed by atoms with Crippen molar-refractivity contribution >= 4 is 12.0 Å². The number of carboxylic acid groups (broad SMARTS) is 1. The van der Waals surface area contributed by atoms with Gasteiger partial charge in [0, 0.05) is 0 Å². The molecule has 158 valence electrons. The molecule has 0 amide bonds. The molecule has 29 heavy (non-hydrogen) atoms. The molecular weight excluding hydrogens is 356 g/mol. The molecule has 1 N–H and O–H groups in total. The second-order valence-electron chi connectivity index (χ2n) is 10.7. The summed E-state index contributed by atoms with van der Waals surface area (Å²) in [7, 11) is 0. The highest BCUT2D eigenvalue weighted by molar-refractivity contribution is 5.87. The fourth-order valence-electron chi connectivity index (χ4n) is 5.32. The Morgan fingerprint density at radius 3 is 2.00 bits per heavy atom. The lowest BCUT2D eigenvalue weighted by atomic mass is 9.64. The van der Waals surface area contributed by atoms with E-state index in [9.17, 15) is 4.79 Å². The van der Waals surface area contributed by atoms with E-state index < -0.39 is 5.97 Å². The van der Waals surface area contributed by atoms with Crippen LogP contribution in [0.15, 0.2) is 41.5 Å². The van der Waals surface area contributed by atoms with Crippen LogP contribution in [-0.4, -0.2) is 11.1 Å². The molecule has 1 aromatic carbocycles. The summed E-state index contributed by atoms with van der Waals surface area (Å²) in [6.07, 6.45) is 14.7. The maximum Gasteiger partial charge on any atom is 0.335 e. The maximum absolute atomic E-state index is 11.1. The first-order valence-corrected chi connectivity index (χ1v) is 11.3. The van der Waals surface area contributed by atoms with E-state index in [4.69, 9.17) is 5.11 Å². The van der Waals surface area contributed by atoms with Crippen molar-refractivity contribution in [3.63, 3.8) is 0 Å². The van der Waals surface area contributed by atoms with E-state index in [1.54, 1.807) is 23.3 Å². The molecule has 1 aromatic rings. The van der Waals surface area contributed by atoms with E-state index in [-0.39, 0.29) is 5.41 Å². The average molecular weight is 395 g/mol. The van der Waals surface area contributed by atoms with Crippen LogP contribution in [0, 0.1) is 16.2 Å². The molecule has 0 spiro atoms. The van der Waals surface area contributed by atoms with Gasteiger partial charge in [0.15, 0.2) is 0 Å². The van der Waals surface area contributed by atoms with Gasteiger partial charge in [-0.1, -0.05) is 89.3 Å². The smallest absolute Gasteiger partial charge is 0.335 e. The summed E-state index contributed by atoms with van der Waals surface area (Å²) in [5, 5.41) is 9.13. The van der Waals surface area contributed by atoms with Crippen LogP contribution in [0.3, 0.4) is 0 Å². The molecule has 2 aliphatic carbocycles. The van der Waals surface area contributed by atoms with Gasteiger partial charge in [-0.25, -0.2) is 4.79 Å². The summed E-state index contributed by atoms with van der Waals surface area (Å²) in [4.78, 5) is 11.1. The number of allylic oxidation sites excluding steroid dienone is 3. The molecule has 0 aromatic heterocycles. The Morgan fingerprint density at radius 1 is 0.966 bits per heavy atom. The lowest BCUT2D eigenvalue weighted by Gasteiger charge is -2.41. The molecule has 0 bridgehead atoms. The second kappa shape index (κ2) is 8.13. The first-order chi connectivity index (χ1) is 13.6. The van der Waals surface area contributed by atoms with Gasteiger partial charge in [-0.2, -0.15) is 0 Å². The predicted molar refractivity (Wildman–Crippen MR) is 122 cm³/mol. The number of rotatable bonds is 7. The number of aromatic carboxylic acids is 1. The van der Waals surface area contributed by atoms with E-state index in [2.05, 4.69) is 46.8 Å². The Hall–Kier alpha value is -1.83. The van der Waals surface area contributed by atoms with Gasteiger partial charge in [-0.3, -0.25) is 0 Å². The van der Waals surface area contributed by atoms with E-state index in [0.717, 1.165) is 5.56 Å². The molecule has 0 fully saturated rings. The summed E-state index contributed by atoms with van der Waals surface area (Å²) >= 11 is 0. The molecule has 2 nitrogen and oxygen atoms in total. The average Bonchev–Trinajstić information content (AvgIpc) is 3.07. The van der Waals surface area contributed by atoms with Crippen molar-refractivity contribution in [2.45, 2.75) is 86.0 Å². The fourth-order valence-corrected chi connectivity index (χ4v) is 5.32. The molecule has 3 rings (SSSR count). The van der Waals surface area contributed by atoms with Crippen LogP contribution in [0.5, 0.6) is 0 Å². The van der Waals surface area contributed by atoms with Gasteiger partial charge < -0.3 is 5.11 Å². The van der Waals surface area contributed by atoms with Crippen LogP contribution < -0.4 is 0 Å². The van der Waals surface area contributed by atoms with E-state index in [1.165, 1.54) is 51.4 Å². The summed E-state index contributed by atoms with van der Waals surface area (Å²) in [6, 6.07) is 7.26. The summed E-state index contributed by atoms with van der Waals surface area (Å²) < 4.78 is 0. The Kier molecular flexibility index (Phi) is 6.13. The van der Waals surface area contributed by atoms with E-state index >= 15 is 0 Å². The Bertz CT molecular complexity index is 777. The zero-order chi connectivity index (χ0) is 21.3. The minimum Gasteiger partial charge on any atom is -0.478 e. The highest BCUT2D eigenvalue weighted by Crippen LogP contribution is 2.61. The van der Waals surface area contributed by atoms with Crippen LogP contribution in [0.4, 0.5) is 0 Å². The van der Waals surface area contributed by atoms with Gasteiger partial charge in [0.05, 0.1) is 5.56 Å². The molecular formula is C27H38O2. The number of hydrogen-bond donors (Lipinski definition) is 1. The van der Waals surface area contributed by atoms with Crippen molar-refractivity contribution in [3.8, 4) is 0 Å². The molecule has 2 heteroatoms. The first-order valence-electron chi connectivity index (χ1n) is 11.3. The van der Waals surface area contributed by atoms with Crippen LogP contribution in [0.2, 0.25) is 0 Å². The molecule has 0 atom stereocenters. The largest absolute Gasteiger partial charge is 0.478 e. The molecule has 0 saturated carbocycles. The Balaban J connectivity index is 1.89. The third kappa shape index (κ3) is 4.68. The van der Waals surface area contributed by atoms with Crippen molar-refractivity contribution in [3.05, 3.63) is 52.6 Å². The van der Waals surface area contributed by atoms with E-state index in [1.807, 2.05) is 12.1 Å². The Labute approximate surface area is 177 Å². The van der Waals surface area contributed by atoms with Crippen molar-refractivity contribution < 1.29 is 9.90 Å². The summed E-state index contributed by atoms with van der Waals surface area (Å²) in [5.41, 5.74) is 5.72. The highest BCUT2D eigenvalue weighted by Gasteiger charge is 2.48.